The molecule has 1 aromatic heterocycles. The Balaban J connectivity index is 1.60. The molecular formula is C14H19ClN2O2S. The molecule has 2 aliphatic rings. The van der Waals surface area contributed by atoms with Crippen LogP contribution < -0.4 is 0 Å². The van der Waals surface area contributed by atoms with Gasteiger partial charge in [0.1, 0.15) is 0 Å². The molecule has 3 rings (SSSR count). The second-order valence-corrected chi connectivity index (χ2v) is 7.02. The van der Waals surface area contributed by atoms with Crippen molar-refractivity contribution in [2.24, 2.45) is 0 Å². The topological polar surface area (TPSA) is 32.8 Å². The molecule has 1 unspecified atom stereocenters. The Morgan fingerprint density at radius 2 is 2.20 bits per heavy atom. The number of nitrogens with zero attached hydrogens (tertiary/aromatic N) is 2. The highest BCUT2D eigenvalue weighted by Crippen LogP contribution is 2.23. The highest BCUT2D eigenvalue weighted by Gasteiger charge is 2.27. The number of hydrogen-bond acceptors (Lipinski definition) is 4. The summed E-state index contributed by atoms with van der Waals surface area (Å²) >= 11 is 7.27. The Morgan fingerprint density at radius 3 is 2.90 bits per heavy atom. The van der Waals surface area contributed by atoms with Crippen LogP contribution in [0, 0.1) is 0 Å². The lowest BCUT2D eigenvalue weighted by atomic mass is 10.2. The van der Waals surface area contributed by atoms with Crippen molar-refractivity contribution >= 4 is 28.8 Å². The van der Waals surface area contributed by atoms with Crippen molar-refractivity contribution in [3.8, 4) is 0 Å². The van der Waals surface area contributed by atoms with E-state index in [4.69, 9.17) is 16.3 Å². The average Bonchev–Trinajstić information content (AvgIpc) is 3.05. The molecule has 1 atom stereocenters. The van der Waals surface area contributed by atoms with Crippen molar-refractivity contribution < 1.29 is 9.53 Å². The number of hydrogen-bond donors (Lipinski definition) is 0. The highest BCUT2D eigenvalue weighted by molar-refractivity contribution is 7.17. The third kappa shape index (κ3) is 3.17. The van der Waals surface area contributed by atoms with Crippen molar-refractivity contribution in [2.45, 2.75) is 18.9 Å². The van der Waals surface area contributed by atoms with Crippen LogP contribution >= 0.6 is 22.9 Å². The lowest BCUT2D eigenvalue weighted by molar-refractivity contribution is 0.0761. The molecule has 6 heteroatoms. The molecule has 0 N–H and O–H groups in total. The van der Waals surface area contributed by atoms with E-state index in [0.29, 0.717) is 10.4 Å². The lowest BCUT2D eigenvalue weighted by Crippen LogP contribution is -2.39. The molecule has 110 valence electrons. The normalized spacial score (nSPS) is 24.9. The summed E-state index contributed by atoms with van der Waals surface area (Å²) in [6.45, 7) is 5.34. The zero-order valence-electron chi connectivity index (χ0n) is 11.4. The monoisotopic (exact) mass is 314 g/mol. The van der Waals surface area contributed by atoms with Gasteiger partial charge >= 0.3 is 0 Å². The van der Waals surface area contributed by atoms with Gasteiger partial charge in [0.2, 0.25) is 0 Å². The summed E-state index contributed by atoms with van der Waals surface area (Å²) in [4.78, 5) is 17.6. The van der Waals surface area contributed by atoms with Crippen LogP contribution in [0.15, 0.2) is 12.1 Å². The number of rotatable bonds is 2. The van der Waals surface area contributed by atoms with E-state index in [-0.39, 0.29) is 5.91 Å². The van der Waals surface area contributed by atoms with Gasteiger partial charge in [-0.1, -0.05) is 11.6 Å². The van der Waals surface area contributed by atoms with Crippen molar-refractivity contribution in [1.82, 2.24) is 9.80 Å². The molecule has 2 saturated heterocycles. The summed E-state index contributed by atoms with van der Waals surface area (Å²) in [7, 11) is 0. The second-order valence-electron chi connectivity index (χ2n) is 5.30. The fourth-order valence-electron chi connectivity index (χ4n) is 2.90. The summed E-state index contributed by atoms with van der Waals surface area (Å²) < 4.78 is 6.14. The minimum absolute atomic E-state index is 0.117. The minimum Gasteiger partial charge on any atom is -0.380 e. The van der Waals surface area contributed by atoms with Gasteiger partial charge in [0.05, 0.1) is 15.8 Å². The maximum absolute atomic E-state index is 12.4. The van der Waals surface area contributed by atoms with Gasteiger partial charge in [0.25, 0.3) is 5.91 Å². The molecule has 1 amide bonds. The minimum atomic E-state index is 0.117. The summed E-state index contributed by atoms with van der Waals surface area (Å²) in [5, 5.41) is 0. The molecule has 0 aromatic carbocycles. The molecule has 0 spiro atoms. The first-order valence-electron chi connectivity index (χ1n) is 7.10. The van der Waals surface area contributed by atoms with Crippen LogP contribution in [0.4, 0.5) is 0 Å². The SMILES string of the molecule is O=C(c1ccc(Cl)s1)N1CCCN(C2CCOC2)CC1. The lowest BCUT2D eigenvalue weighted by Gasteiger charge is -2.26. The Kier molecular flexibility index (Phi) is 4.61. The summed E-state index contributed by atoms with van der Waals surface area (Å²) in [6, 6.07) is 4.16. The quantitative estimate of drug-likeness (QED) is 0.840. The maximum Gasteiger partial charge on any atom is 0.264 e. The zero-order valence-corrected chi connectivity index (χ0v) is 13.0. The van der Waals surface area contributed by atoms with Crippen LogP contribution in [0.1, 0.15) is 22.5 Å². The first kappa shape index (κ1) is 14.3. The molecule has 0 saturated carbocycles. The molecule has 4 nitrogen and oxygen atoms in total. The molecule has 3 heterocycles. The van der Waals surface area contributed by atoms with E-state index in [1.807, 2.05) is 11.0 Å². The third-order valence-corrected chi connectivity index (χ3v) is 5.24. The predicted molar refractivity (Wildman–Crippen MR) is 80.6 cm³/mol. The predicted octanol–water partition coefficient (Wildman–Crippen LogP) is 2.34. The van der Waals surface area contributed by atoms with Crippen molar-refractivity contribution in [3.63, 3.8) is 0 Å². The van der Waals surface area contributed by atoms with E-state index in [1.54, 1.807) is 6.07 Å². The molecule has 20 heavy (non-hydrogen) atoms. The van der Waals surface area contributed by atoms with E-state index in [9.17, 15) is 4.79 Å². The van der Waals surface area contributed by atoms with Crippen molar-refractivity contribution in [1.29, 1.82) is 0 Å². The Hall–Kier alpha value is -0.620. The van der Waals surface area contributed by atoms with Crippen molar-refractivity contribution in [2.75, 3.05) is 39.4 Å². The largest absolute Gasteiger partial charge is 0.380 e. The van der Waals surface area contributed by atoms with E-state index < -0.39 is 0 Å². The van der Waals surface area contributed by atoms with Gasteiger partial charge in [0, 0.05) is 38.8 Å². The van der Waals surface area contributed by atoms with Crippen LogP contribution in [0.5, 0.6) is 0 Å². The number of amides is 1. The van der Waals surface area contributed by atoms with Gasteiger partial charge in [-0.3, -0.25) is 9.69 Å². The summed E-state index contributed by atoms with van der Waals surface area (Å²) in [5.74, 6) is 0.117. The molecular weight excluding hydrogens is 296 g/mol. The molecule has 0 bridgehead atoms. The smallest absolute Gasteiger partial charge is 0.264 e. The summed E-state index contributed by atoms with van der Waals surface area (Å²) in [5.41, 5.74) is 0. The Bertz CT molecular complexity index is 473. The van der Waals surface area contributed by atoms with E-state index in [2.05, 4.69) is 4.90 Å². The number of thiophene rings is 1. The number of carbonyl (C=O) groups is 1. The summed E-state index contributed by atoms with van der Waals surface area (Å²) in [6.07, 6.45) is 2.15. The number of carbonyl (C=O) groups excluding carboxylic acids is 1. The zero-order chi connectivity index (χ0) is 13.9. The van der Waals surface area contributed by atoms with Crippen LogP contribution in [0.25, 0.3) is 0 Å². The molecule has 0 radical (unpaired) electrons. The van der Waals surface area contributed by atoms with Gasteiger partial charge < -0.3 is 9.64 Å². The van der Waals surface area contributed by atoms with Gasteiger partial charge in [-0.05, 0) is 25.0 Å². The molecule has 0 aliphatic carbocycles. The van der Waals surface area contributed by atoms with Crippen LogP contribution in [-0.2, 0) is 4.74 Å². The van der Waals surface area contributed by atoms with E-state index in [1.165, 1.54) is 11.3 Å². The number of halogens is 1. The fraction of sp³-hybridized carbons (Fsp3) is 0.643. The van der Waals surface area contributed by atoms with Gasteiger partial charge in [-0.2, -0.15) is 0 Å². The standard InChI is InChI=1S/C14H19ClN2O2S/c15-13-3-2-12(20-13)14(18)17-6-1-5-16(7-8-17)11-4-9-19-10-11/h2-3,11H,1,4-10H2. The van der Waals surface area contributed by atoms with Gasteiger partial charge in [0.15, 0.2) is 0 Å². The van der Waals surface area contributed by atoms with Gasteiger partial charge in [-0.25, -0.2) is 0 Å². The fourth-order valence-corrected chi connectivity index (χ4v) is 3.91. The number of ether oxygens (including phenoxy) is 1. The van der Waals surface area contributed by atoms with Crippen LogP contribution in [-0.4, -0.2) is 61.1 Å². The highest BCUT2D eigenvalue weighted by atomic mass is 35.5. The van der Waals surface area contributed by atoms with E-state index in [0.717, 1.165) is 57.1 Å². The Morgan fingerprint density at radius 1 is 1.30 bits per heavy atom. The molecule has 2 fully saturated rings. The third-order valence-electron chi connectivity index (χ3n) is 4.02. The van der Waals surface area contributed by atoms with Crippen LogP contribution in [0.2, 0.25) is 4.34 Å². The van der Waals surface area contributed by atoms with Gasteiger partial charge in [-0.15, -0.1) is 11.3 Å². The van der Waals surface area contributed by atoms with Crippen molar-refractivity contribution in [3.05, 3.63) is 21.3 Å². The van der Waals surface area contributed by atoms with E-state index >= 15 is 0 Å². The second kappa shape index (κ2) is 6.43. The Labute approximate surface area is 128 Å². The maximum atomic E-state index is 12.4. The first-order valence-corrected chi connectivity index (χ1v) is 8.30. The molecule has 1 aromatic rings. The molecule has 2 aliphatic heterocycles. The first-order chi connectivity index (χ1) is 9.74. The van der Waals surface area contributed by atoms with Crippen LogP contribution in [0.3, 0.4) is 0 Å². The average molecular weight is 315 g/mol.